The van der Waals surface area contributed by atoms with Gasteiger partial charge in [-0.15, -0.1) is 0 Å². The summed E-state index contributed by atoms with van der Waals surface area (Å²) in [5, 5.41) is 0. The van der Waals surface area contributed by atoms with Gasteiger partial charge in [0.1, 0.15) is 11.5 Å². The van der Waals surface area contributed by atoms with E-state index < -0.39 is 0 Å². The lowest BCUT2D eigenvalue weighted by Crippen LogP contribution is -2.05. The molecule has 0 saturated carbocycles. The average Bonchev–Trinajstić information content (AvgIpc) is 3.02. The topological polar surface area (TPSA) is 54.0 Å². The second-order valence-corrected chi connectivity index (χ2v) is 5.15. The molecule has 1 aliphatic rings. The van der Waals surface area contributed by atoms with E-state index in [2.05, 4.69) is 0 Å². The molecule has 0 aromatic heterocycles. The Bertz CT molecular complexity index is 696. The van der Waals surface area contributed by atoms with E-state index in [4.69, 9.17) is 18.9 Å². The number of hydrogen-bond donors (Lipinski definition) is 0. The van der Waals surface area contributed by atoms with Crippen LogP contribution >= 0.6 is 0 Å². The van der Waals surface area contributed by atoms with E-state index >= 15 is 0 Å². The molecule has 0 spiro atoms. The van der Waals surface area contributed by atoms with Crippen molar-refractivity contribution >= 4 is 5.78 Å². The van der Waals surface area contributed by atoms with Crippen LogP contribution in [0.15, 0.2) is 42.5 Å². The van der Waals surface area contributed by atoms with Crippen LogP contribution in [0, 0.1) is 0 Å². The molecule has 2 aromatic rings. The molecule has 0 bridgehead atoms. The average molecular weight is 314 g/mol. The Morgan fingerprint density at radius 3 is 2.52 bits per heavy atom. The van der Waals surface area contributed by atoms with Crippen LogP contribution in [0.3, 0.4) is 0 Å². The summed E-state index contributed by atoms with van der Waals surface area (Å²) in [5.41, 5.74) is 0.652. The van der Waals surface area contributed by atoms with Crippen molar-refractivity contribution in [2.24, 2.45) is 0 Å². The van der Waals surface area contributed by atoms with Crippen molar-refractivity contribution in [2.75, 3.05) is 20.0 Å². The van der Waals surface area contributed by atoms with Gasteiger partial charge in [0.2, 0.25) is 6.79 Å². The number of ether oxygens (including phenoxy) is 4. The van der Waals surface area contributed by atoms with Crippen LogP contribution in [-0.4, -0.2) is 25.8 Å². The zero-order valence-electron chi connectivity index (χ0n) is 12.9. The zero-order valence-corrected chi connectivity index (χ0v) is 12.9. The Hall–Kier alpha value is -2.69. The number of Topliss-reactive ketones (excluding diaryl/α,β-unsaturated/α-hetero) is 1. The smallest absolute Gasteiger partial charge is 0.231 e. The maximum atomic E-state index is 11.3. The summed E-state index contributed by atoms with van der Waals surface area (Å²) in [7, 11) is 0. The molecule has 0 saturated heterocycles. The van der Waals surface area contributed by atoms with Gasteiger partial charge in [0.15, 0.2) is 17.3 Å². The van der Waals surface area contributed by atoms with Gasteiger partial charge in [-0.25, -0.2) is 0 Å². The number of ketones is 1. The maximum absolute atomic E-state index is 11.3. The molecule has 0 amide bonds. The van der Waals surface area contributed by atoms with Crippen LogP contribution in [0.4, 0.5) is 0 Å². The fourth-order valence-corrected chi connectivity index (χ4v) is 2.21. The van der Waals surface area contributed by atoms with Crippen molar-refractivity contribution in [3.8, 4) is 23.0 Å². The molecule has 1 heterocycles. The number of carbonyl (C=O) groups excluding carboxylic acids is 1. The van der Waals surface area contributed by atoms with Crippen LogP contribution in [0.2, 0.25) is 0 Å². The molecule has 0 unspecified atom stereocenters. The lowest BCUT2D eigenvalue weighted by atomic mass is 10.1. The summed E-state index contributed by atoms with van der Waals surface area (Å²) in [6, 6.07) is 12.7. The third-order valence-electron chi connectivity index (χ3n) is 3.41. The predicted octanol–water partition coefficient (Wildman–Crippen LogP) is 3.47. The molecule has 5 heteroatoms. The van der Waals surface area contributed by atoms with Crippen molar-refractivity contribution in [2.45, 2.75) is 13.3 Å². The predicted molar refractivity (Wildman–Crippen MR) is 84.6 cm³/mol. The maximum Gasteiger partial charge on any atom is 0.231 e. The minimum absolute atomic E-state index is 0.0293. The molecule has 0 N–H and O–H groups in total. The Morgan fingerprint density at radius 1 is 1.00 bits per heavy atom. The van der Waals surface area contributed by atoms with Gasteiger partial charge in [0.05, 0.1) is 13.2 Å². The Labute approximate surface area is 134 Å². The van der Waals surface area contributed by atoms with Crippen molar-refractivity contribution in [1.29, 1.82) is 0 Å². The molecule has 0 aliphatic carbocycles. The van der Waals surface area contributed by atoms with Gasteiger partial charge in [-0.05, 0) is 31.2 Å². The highest BCUT2D eigenvalue weighted by atomic mass is 16.7. The molecule has 5 nitrogen and oxygen atoms in total. The van der Waals surface area contributed by atoms with Crippen LogP contribution in [0.1, 0.15) is 23.7 Å². The third-order valence-corrected chi connectivity index (χ3v) is 3.41. The van der Waals surface area contributed by atoms with E-state index in [9.17, 15) is 4.79 Å². The van der Waals surface area contributed by atoms with E-state index in [0.717, 1.165) is 17.9 Å². The van der Waals surface area contributed by atoms with Crippen LogP contribution in [0.5, 0.6) is 23.0 Å². The first kappa shape index (κ1) is 15.2. The van der Waals surface area contributed by atoms with Crippen molar-refractivity contribution in [3.63, 3.8) is 0 Å². The van der Waals surface area contributed by atoms with Crippen molar-refractivity contribution in [1.82, 2.24) is 0 Å². The highest BCUT2D eigenvalue weighted by Crippen LogP contribution is 2.35. The summed E-state index contributed by atoms with van der Waals surface area (Å²) < 4.78 is 21.8. The lowest BCUT2D eigenvalue weighted by Gasteiger charge is -2.09. The fourth-order valence-electron chi connectivity index (χ4n) is 2.21. The quantitative estimate of drug-likeness (QED) is 0.578. The monoisotopic (exact) mass is 314 g/mol. The number of benzene rings is 2. The normalized spacial score (nSPS) is 12.0. The van der Waals surface area contributed by atoms with E-state index in [0.29, 0.717) is 30.3 Å². The second-order valence-electron chi connectivity index (χ2n) is 5.15. The van der Waals surface area contributed by atoms with Gasteiger partial charge in [0.25, 0.3) is 0 Å². The molecule has 1 aliphatic heterocycles. The SMILES string of the molecule is CC(=O)c1cccc(OCCCOc2ccc3c(c2)OCO3)c1. The summed E-state index contributed by atoms with van der Waals surface area (Å²) in [4.78, 5) is 11.3. The first-order chi connectivity index (χ1) is 11.2. The Kier molecular flexibility index (Phi) is 4.66. The molecule has 0 atom stereocenters. The highest BCUT2D eigenvalue weighted by molar-refractivity contribution is 5.94. The van der Waals surface area contributed by atoms with Gasteiger partial charge < -0.3 is 18.9 Å². The number of carbonyl (C=O) groups is 1. The largest absolute Gasteiger partial charge is 0.493 e. The molecule has 23 heavy (non-hydrogen) atoms. The van der Waals surface area contributed by atoms with Gasteiger partial charge in [-0.2, -0.15) is 0 Å². The highest BCUT2D eigenvalue weighted by Gasteiger charge is 2.13. The first-order valence-corrected chi connectivity index (χ1v) is 7.48. The molecule has 2 aromatic carbocycles. The van der Waals surface area contributed by atoms with E-state index in [1.807, 2.05) is 30.3 Å². The van der Waals surface area contributed by atoms with E-state index in [1.165, 1.54) is 0 Å². The minimum atomic E-state index is 0.0293. The fraction of sp³-hybridized carbons (Fsp3) is 0.278. The standard InChI is InChI=1S/C18H18O5/c1-13(19)14-4-2-5-15(10-14)20-8-3-9-21-16-6-7-17-18(11-16)23-12-22-17/h2,4-7,10-11H,3,8-9,12H2,1H3. The minimum Gasteiger partial charge on any atom is -0.493 e. The number of fused-ring (bicyclic) bond motifs is 1. The van der Waals surface area contributed by atoms with Crippen LogP contribution in [0.25, 0.3) is 0 Å². The Morgan fingerprint density at radius 2 is 1.74 bits per heavy atom. The lowest BCUT2D eigenvalue weighted by molar-refractivity contribution is 0.101. The van der Waals surface area contributed by atoms with E-state index in [-0.39, 0.29) is 12.6 Å². The number of rotatable bonds is 7. The summed E-state index contributed by atoms with van der Waals surface area (Å²) in [6.45, 7) is 2.85. The molecule has 0 radical (unpaired) electrons. The summed E-state index contributed by atoms with van der Waals surface area (Å²) in [6.07, 6.45) is 0.735. The molecule has 120 valence electrons. The summed E-state index contributed by atoms with van der Waals surface area (Å²) >= 11 is 0. The zero-order chi connectivity index (χ0) is 16.1. The summed E-state index contributed by atoms with van der Waals surface area (Å²) in [5.74, 6) is 2.92. The van der Waals surface area contributed by atoms with Gasteiger partial charge in [0, 0.05) is 18.1 Å². The van der Waals surface area contributed by atoms with Gasteiger partial charge >= 0.3 is 0 Å². The van der Waals surface area contributed by atoms with E-state index in [1.54, 1.807) is 19.1 Å². The molecule has 0 fully saturated rings. The molecular formula is C18H18O5. The third kappa shape index (κ3) is 3.94. The van der Waals surface area contributed by atoms with Crippen LogP contribution < -0.4 is 18.9 Å². The second kappa shape index (κ2) is 7.05. The molecule has 3 rings (SSSR count). The van der Waals surface area contributed by atoms with Crippen molar-refractivity contribution < 1.29 is 23.7 Å². The van der Waals surface area contributed by atoms with Gasteiger partial charge in [-0.3, -0.25) is 4.79 Å². The first-order valence-electron chi connectivity index (χ1n) is 7.48. The molecular weight excluding hydrogens is 296 g/mol. The number of hydrogen-bond acceptors (Lipinski definition) is 5. The van der Waals surface area contributed by atoms with Gasteiger partial charge in [-0.1, -0.05) is 12.1 Å². The van der Waals surface area contributed by atoms with Crippen molar-refractivity contribution in [3.05, 3.63) is 48.0 Å². The van der Waals surface area contributed by atoms with Crippen LogP contribution in [-0.2, 0) is 0 Å². The Balaban J connectivity index is 1.42.